The highest BCUT2D eigenvalue weighted by Gasteiger charge is 2.15. The van der Waals surface area contributed by atoms with Gasteiger partial charge in [0.25, 0.3) is 5.91 Å². The lowest BCUT2D eigenvalue weighted by molar-refractivity contribution is 0.102. The van der Waals surface area contributed by atoms with Crippen molar-refractivity contribution in [1.29, 1.82) is 0 Å². The number of nitrogens with zero attached hydrogens (tertiary/aromatic N) is 3. The van der Waals surface area contributed by atoms with E-state index in [1.54, 1.807) is 36.5 Å². The van der Waals surface area contributed by atoms with E-state index in [1.165, 1.54) is 16.9 Å². The number of methoxy groups -OCH3 is 2. The molecule has 8 heteroatoms. The number of benzene rings is 2. The summed E-state index contributed by atoms with van der Waals surface area (Å²) in [7, 11) is 3.18. The topological polar surface area (TPSA) is 78.3 Å². The molecule has 0 saturated carbocycles. The zero-order valence-corrected chi connectivity index (χ0v) is 19.0. The van der Waals surface area contributed by atoms with Crippen LogP contribution in [0.25, 0.3) is 10.6 Å². The minimum absolute atomic E-state index is 0.281. The maximum absolute atomic E-state index is 12.8. The molecule has 1 N–H and O–H groups in total. The number of carbonyl (C=O) groups is 1. The number of thiazole rings is 1. The van der Waals surface area contributed by atoms with Gasteiger partial charge < -0.3 is 14.8 Å². The number of ether oxygens (including phenoxy) is 2. The standard InChI is InChI=1S/C24H24N4O3S/c1-4-16-5-7-17(8-6-16)14-28-22(11-12-25-28)27-23(29)19-15-32-24(26-19)18-9-10-20(30-2)21(13-18)31-3/h5-13,15H,4,14H2,1-3H3,(H,27,29). The molecule has 4 rings (SSSR count). The molecule has 2 heterocycles. The molecule has 0 spiro atoms. The summed E-state index contributed by atoms with van der Waals surface area (Å²) in [5.74, 6) is 1.59. The van der Waals surface area contributed by atoms with Crippen molar-refractivity contribution in [1.82, 2.24) is 14.8 Å². The molecule has 0 fully saturated rings. The van der Waals surface area contributed by atoms with Crippen molar-refractivity contribution in [2.75, 3.05) is 19.5 Å². The Morgan fingerprint density at radius 3 is 2.50 bits per heavy atom. The molecule has 0 aliphatic heterocycles. The number of aryl methyl sites for hydroxylation is 1. The Balaban J connectivity index is 1.48. The first-order valence-electron chi connectivity index (χ1n) is 10.2. The molecule has 0 aliphatic carbocycles. The van der Waals surface area contributed by atoms with Crippen LogP contribution in [0, 0.1) is 0 Å². The van der Waals surface area contributed by atoms with Crippen LogP contribution in [-0.2, 0) is 13.0 Å². The number of rotatable bonds is 8. The minimum Gasteiger partial charge on any atom is -0.493 e. The minimum atomic E-state index is -0.281. The molecule has 4 aromatic rings. The first kappa shape index (κ1) is 21.6. The third-order valence-corrected chi connectivity index (χ3v) is 5.98. The third-order valence-electron chi connectivity index (χ3n) is 5.09. The lowest BCUT2D eigenvalue weighted by Gasteiger charge is -2.09. The Hall–Kier alpha value is -3.65. The van der Waals surface area contributed by atoms with Crippen LogP contribution in [0.15, 0.2) is 60.1 Å². The van der Waals surface area contributed by atoms with Gasteiger partial charge in [0.1, 0.15) is 16.5 Å². The van der Waals surface area contributed by atoms with Crippen molar-refractivity contribution < 1.29 is 14.3 Å². The Labute approximate surface area is 190 Å². The van der Waals surface area contributed by atoms with Gasteiger partial charge in [-0.1, -0.05) is 31.2 Å². The molecular weight excluding hydrogens is 424 g/mol. The number of aromatic nitrogens is 3. The number of anilines is 1. The largest absolute Gasteiger partial charge is 0.493 e. The molecule has 0 saturated heterocycles. The fraction of sp³-hybridized carbons (Fsp3) is 0.208. The van der Waals surface area contributed by atoms with E-state index >= 15 is 0 Å². The van der Waals surface area contributed by atoms with E-state index < -0.39 is 0 Å². The highest BCUT2D eigenvalue weighted by atomic mass is 32.1. The van der Waals surface area contributed by atoms with Crippen molar-refractivity contribution in [3.8, 4) is 22.1 Å². The van der Waals surface area contributed by atoms with Gasteiger partial charge in [-0.15, -0.1) is 11.3 Å². The van der Waals surface area contributed by atoms with Crippen LogP contribution in [-0.4, -0.2) is 34.9 Å². The molecule has 0 bridgehead atoms. The maximum Gasteiger partial charge on any atom is 0.276 e. The second-order valence-corrected chi connectivity index (χ2v) is 7.96. The van der Waals surface area contributed by atoms with Gasteiger partial charge in [0, 0.05) is 17.0 Å². The number of hydrogen-bond acceptors (Lipinski definition) is 6. The zero-order valence-electron chi connectivity index (χ0n) is 18.2. The fourth-order valence-electron chi connectivity index (χ4n) is 3.28. The van der Waals surface area contributed by atoms with Gasteiger partial charge in [0.05, 0.1) is 27.0 Å². The second kappa shape index (κ2) is 9.65. The van der Waals surface area contributed by atoms with Crippen molar-refractivity contribution in [3.05, 3.63) is 76.9 Å². The Bertz CT molecular complexity index is 1210. The Morgan fingerprint density at radius 2 is 1.78 bits per heavy atom. The molecular formula is C24H24N4O3S. The fourth-order valence-corrected chi connectivity index (χ4v) is 4.08. The highest BCUT2D eigenvalue weighted by molar-refractivity contribution is 7.13. The van der Waals surface area contributed by atoms with E-state index in [1.807, 2.05) is 18.2 Å². The summed E-state index contributed by atoms with van der Waals surface area (Å²) in [4.78, 5) is 17.3. The number of nitrogens with one attached hydrogen (secondary N) is 1. The first-order chi connectivity index (χ1) is 15.6. The van der Waals surface area contributed by atoms with Crippen molar-refractivity contribution >= 4 is 23.1 Å². The predicted octanol–water partition coefficient (Wildman–Crippen LogP) is 4.89. The molecule has 2 aromatic heterocycles. The molecule has 0 aliphatic rings. The summed E-state index contributed by atoms with van der Waals surface area (Å²) in [6.45, 7) is 2.70. The van der Waals surface area contributed by atoms with E-state index in [0.717, 1.165) is 22.6 Å². The molecule has 164 valence electrons. The monoisotopic (exact) mass is 448 g/mol. The molecule has 0 unspecified atom stereocenters. The Morgan fingerprint density at radius 1 is 1.03 bits per heavy atom. The smallest absolute Gasteiger partial charge is 0.276 e. The lowest BCUT2D eigenvalue weighted by atomic mass is 10.1. The van der Waals surface area contributed by atoms with Crippen molar-refractivity contribution in [2.24, 2.45) is 0 Å². The average molecular weight is 449 g/mol. The van der Waals surface area contributed by atoms with E-state index in [0.29, 0.717) is 29.6 Å². The van der Waals surface area contributed by atoms with Gasteiger partial charge in [-0.2, -0.15) is 5.10 Å². The van der Waals surface area contributed by atoms with E-state index in [2.05, 4.69) is 46.6 Å². The lowest BCUT2D eigenvalue weighted by Crippen LogP contribution is -2.16. The highest BCUT2D eigenvalue weighted by Crippen LogP contribution is 2.33. The Kier molecular flexibility index (Phi) is 6.51. The van der Waals surface area contributed by atoms with Gasteiger partial charge in [-0.05, 0) is 35.7 Å². The first-order valence-corrected chi connectivity index (χ1v) is 11.1. The summed E-state index contributed by atoms with van der Waals surface area (Å²) in [5, 5.41) is 9.73. The van der Waals surface area contributed by atoms with Gasteiger partial charge in [0.2, 0.25) is 0 Å². The molecule has 0 atom stereocenters. The molecule has 32 heavy (non-hydrogen) atoms. The summed E-state index contributed by atoms with van der Waals surface area (Å²) in [5.41, 5.74) is 3.61. The molecule has 7 nitrogen and oxygen atoms in total. The maximum atomic E-state index is 12.8. The summed E-state index contributed by atoms with van der Waals surface area (Å²) in [6, 6.07) is 15.7. The van der Waals surface area contributed by atoms with Crippen LogP contribution >= 0.6 is 11.3 Å². The quantitative estimate of drug-likeness (QED) is 0.415. The molecule has 1 amide bonds. The number of amides is 1. The van der Waals surface area contributed by atoms with Gasteiger partial charge in [0.15, 0.2) is 11.5 Å². The van der Waals surface area contributed by atoms with Crippen molar-refractivity contribution in [3.63, 3.8) is 0 Å². The van der Waals surface area contributed by atoms with Crippen LogP contribution < -0.4 is 14.8 Å². The summed E-state index contributed by atoms with van der Waals surface area (Å²) >= 11 is 1.40. The normalized spacial score (nSPS) is 10.7. The van der Waals surface area contributed by atoms with Gasteiger partial charge in [-0.25, -0.2) is 9.67 Å². The van der Waals surface area contributed by atoms with Gasteiger partial charge >= 0.3 is 0 Å². The second-order valence-electron chi connectivity index (χ2n) is 7.11. The zero-order chi connectivity index (χ0) is 22.5. The number of carbonyl (C=O) groups excluding carboxylic acids is 1. The van der Waals surface area contributed by atoms with Crippen LogP contribution in [0.5, 0.6) is 11.5 Å². The third kappa shape index (κ3) is 4.65. The number of hydrogen-bond donors (Lipinski definition) is 1. The van der Waals surface area contributed by atoms with E-state index in [-0.39, 0.29) is 5.91 Å². The molecule has 2 aromatic carbocycles. The van der Waals surface area contributed by atoms with Crippen LogP contribution in [0.3, 0.4) is 0 Å². The van der Waals surface area contributed by atoms with Crippen molar-refractivity contribution in [2.45, 2.75) is 19.9 Å². The summed E-state index contributed by atoms with van der Waals surface area (Å²) in [6.07, 6.45) is 2.68. The van der Waals surface area contributed by atoms with E-state index in [9.17, 15) is 4.79 Å². The molecule has 0 radical (unpaired) electrons. The van der Waals surface area contributed by atoms with Crippen LogP contribution in [0.2, 0.25) is 0 Å². The average Bonchev–Trinajstić information content (AvgIpc) is 3.49. The SMILES string of the molecule is CCc1ccc(Cn2nccc2NC(=O)c2csc(-c3ccc(OC)c(OC)c3)n2)cc1. The van der Waals surface area contributed by atoms with Crippen LogP contribution in [0.1, 0.15) is 28.5 Å². The summed E-state index contributed by atoms with van der Waals surface area (Å²) < 4.78 is 12.4. The predicted molar refractivity (Wildman–Crippen MR) is 126 cm³/mol. The van der Waals surface area contributed by atoms with Crippen LogP contribution in [0.4, 0.5) is 5.82 Å². The van der Waals surface area contributed by atoms with E-state index in [4.69, 9.17) is 9.47 Å². The van der Waals surface area contributed by atoms with Gasteiger partial charge in [-0.3, -0.25) is 4.79 Å².